The molecule has 0 N–H and O–H groups in total. The van der Waals surface area contributed by atoms with Crippen LogP contribution in [0.3, 0.4) is 0 Å². The Hall–Kier alpha value is -1.61. The van der Waals surface area contributed by atoms with Crippen molar-refractivity contribution in [3.05, 3.63) is 52.2 Å². The molecule has 0 bridgehead atoms. The molecule has 0 amide bonds. The summed E-state index contributed by atoms with van der Waals surface area (Å²) in [6.07, 6.45) is 1.38. The van der Waals surface area contributed by atoms with E-state index in [0.717, 1.165) is 6.42 Å². The van der Waals surface area contributed by atoms with E-state index in [4.69, 9.17) is 4.74 Å². The number of hydrogen-bond donors (Lipinski definition) is 0. The fourth-order valence-corrected chi connectivity index (χ4v) is 2.43. The molecule has 2 rings (SSSR count). The maximum Gasteiger partial charge on any atom is 0.166 e. The van der Waals surface area contributed by atoms with Gasteiger partial charge in [0.15, 0.2) is 5.78 Å². The summed E-state index contributed by atoms with van der Waals surface area (Å²) in [7, 11) is 0. The molecule has 0 radical (unpaired) electrons. The molecular weight excluding hydrogens is 244 g/mol. The Morgan fingerprint density at radius 3 is 2.83 bits per heavy atom. The van der Waals surface area contributed by atoms with Gasteiger partial charge in [-0.25, -0.2) is 0 Å². The highest BCUT2D eigenvalue weighted by atomic mass is 32.1. The SMILES string of the molecule is CCC(=O)c1ccccc1OCCc1ccsc1. The zero-order valence-electron chi connectivity index (χ0n) is 10.4. The number of thiophene rings is 1. The van der Waals surface area contributed by atoms with Gasteiger partial charge in [-0.15, -0.1) is 0 Å². The Bertz CT molecular complexity index is 503. The minimum atomic E-state index is 0.126. The highest BCUT2D eigenvalue weighted by Crippen LogP contribution is 2.20. The van der Waals surface area contributed by atoms with Crippen LogP contribution in [0, 0.1) is 0 Å². The van der Waals surface area contributed by atoms with Crippen LogP contribution < -0.4 is 4.74 Å². The maximum absolute atomic E-state index is 11.7. The van der Waals surface area contributed by atoms with Gasteiger partial charge in [0.1, 0.15) is 5.75 Å². The van der Waals surface area contributed by atoms with E-state index >= 15 is 0 Å². The summed E-state index contributed by atoms with van der Waals surface area (Å²) in [5, 5.41) is 4.18. The van der Waals surface area contributed by atoms with Gasteiger partial charge in [0, 0.05) is 12.8 Å². The largest absolute Gasteiger partial charge is 0.492 e. The van der Waals surface area contributed by atoms with Gasteiger partial charge in [-0.1, -0.05) is 19.1 Å². The highest BCUT2D eigenvalue weighted by Gasteiger charge is 2.09. The van der Waals surface area contributed by atoms with Gasteiger partial charge in [-0.05, 0) is 34.5 Å². The van der Waals surface area contributed by atoms with E-state index < -0.39 is 0 Å². The maximum atomic E-state index is 11.7. The zero-order chi connectivity index (χ0) is 12.8. The van der Waals surface area contributed by atoms with Crippen LogP contribution in [0.5, 0.6) is 5.75 Å². The van der Waals surface area contributed by atoms with Gasteiger partial charge in [0.05, 0.1) is 12.2 Å². The summed E-state index contributed by atoms with van der Waals surface area (Å²) >= 11 is 1.69. The third-order valence-corrected chi connectivity index (χ3v) is 3.47. The van der Waals surface area contributed by atoms with Crippen molar-refractivity contribution in [2.75, 3.05) is 6.61 Å². The minimum Gasteiger partial charge on any atom is -0.492 e. The van der Waals surface area contributed by atoms with E-state index in [1.165, 1.54) is 5.56 Å². The smallest absolute Gasteiger partial charge is 0.166 e. The molecule has 94 valence electrons. The first-order valence-electron chi connectivity index (χ1n) is 6.07. The highest BCUT2D eigenvalue weighted by molar-refractivity contribution is 7.07. The first kappa shape index (κ1) is 12.8. The predicted molar refractivity (Wildman–Crippen MR) is 74.6 cm³/mol. The molecule has 0 aliphatic carbocycles. The molecule has 0 aliphatic heterocycles. The zero-order valence-corrected chi connectivity index (χ0v) is 11.2. The lowest BCUT2D eigenvalue weighted by molar-refractivity contribution is 0.0984. The van der Waals surface area contributed by atoms with Crippen LogP contribution in [0.4, 0.5) is 0 Å². The number of rotatable bonds is 6. The third kappa shape index (κ3) is 3.20. The van der Waals surface area contributed by atoms with E-state index in [9.17, 15) is 4.79 Å². The first-order valence-corrected chi connectivity index (χ1v) is 7.01. The number of hydrogen-bond acceptors (Lipinski definition) is 3. The number of ketones is 1. The van der Waals surface area contributed by atoms with Crippen molar-refractivity contribution in [3.63, 3.8) is 0 Å². The number of ether oxygens (including phenoxy) is 1. The van der Waals surface area contributed by atoms with Gasteiger partial charge in [0.2, 0.25) is 0 Å². The van der Waals surface area contributed by atoms with Gasteiger partial charge in [0.25, 0.3) is 0 Å². The van der Waals surface area contributed by atoms with Crippen LogP contribution in [0.2, 0.25) is 0 Å². The number of para-hydroxylation sites is 1. The van der Waals surface area contributed by atoms with Crippen molar-refractivity contribution in [2.24, 2.45) is 0 Å². The van der Waals surface area contributed by atoms with Crippen LogP contribution in [0.1, 0.15) is 29.3 Å². The molecule has 0 atom stereocenters. The minimum absolute atomic E-state index is 0.126. The molecule has 0 unspecified atom stereocenters. The first-order chi connectivity index (χ1) is 8.81. The fourth-order valence-electron chi connectivity index (χ4n) is 1.73. The average molecular weight is 260 g/mol. The normalized spacial score (nSPS) is 10.3. The summed E-state index contributed by atoms with van der Waals surface area (Å²) in [6.45, 7) is 2.47. The summed E-state index contributed by atoms with van der Waals surface area (Å²) in [5.41, 5.74) is 1.96. The van der Waals surface area contributed by atoms with E-state index in [-0.39, 0.29) is 5.78 Å². The quantitative estimate of drug-likeness (QED) is 0.735. The van der Waals surface area contributed by atoms with E-state index in [1.807, 2.05) is 31.2 Å². The predicted octanol–water partition coefficient (Wildman–Crippen LogP) is 3.96. The molecule has 0 saturated heterocycles. The lowest BCUT2D eigenvalue weighted by atomic mass is 10.1. The lowest BCUT2D eigenvalue weighted by Gasteiger charge is -2.09. The summed E-state index contributed by atoms with van der Waals surface area (Å²) in [5.74, 6) is 0.820. The molecule has 1 heterocycles. The van der Waals surface area contributed by atoms with Crippen LogP contribution in [-0.4, -0.2) is 12.4 Å². The van der Waals surface area contributed by atoms with E-state index in [1.54, 1.807) is 11.3 Å². The van der Waals surface area contributed by atoms with Crippen LogP contribution in [0.25, 0.3) is 0 Å². The topological polar surface area (TPSA) is 26.3 Å². The van der Waals surface area contributed by atoms with Gasteiger partial charge < -0.3 is 4.74 Å². The molecule has 2 aromatic rings. The number of Topliss-reactive ketones (excluding diaryl/α,β-unsaturated/α-hetero) is 1. The lowest BCUT2D eigenvalue weighted by Crippen LogP contribution is -2.05. The molecule has 0 spiro atoms. The molecule has 0 saturated carbocycles. The molecule has 18 heavy (non-hydrogen) atoms. The number of carbonyl (C=O) groups is 1. The monoisotopic (exact) mass is 260 g/mol. The Morgan fingerprint density at radius 2 is 2.11 bits per heavy atom. The Labute approximate surface area is 111 Å². The second-order valence-electron chi connectivity index (χ2n) is 4.00. The molecular formula is C15H16O2S. The standard InChI is InChI=1S/C15H16O2S/c1-2-14(16)13-5-3-4-6-15(13)17-9-7-12-8-10-18-11-12/h3-6,8,10-11H,2,7,9H2,1H3. The second-order valence-corrected chi connectivity index (χ2v) is 4.78. The van der Waals surface area contributed by atoms with Crippen molar-refractivity contribution < 1.29 is 9.53 Å². The molecule has 1 aromatic carbocycles. The van der Waals surface area contributed by atoms with Crippen molar-refractivity contribution in [1.29, 1.82) is 0 Å². The summed E-state index contributed by atoms with van der Waals surface area (Å²) < 4.78 is 5.72. The van der Waals surface area contributed by atoms with Crippen molar-refractivity contribution in [1.82, 2.24) is 0 Å². The van der Waals surface area contributed by atoms with Crippen molar-refractivity contribution in [2.45, 2.75) is 19.8 Å². The van der Waals surface area contributed by atoms with E-state index in [0.29, 0.717) is 24.3 Å². The van der Waals surface area contributed by atoms with Crippen molar-refractivity contribution in [3.8, 4) is 5.75 Å². The molecule has 3 heteroatoms. The van der Waals surface area contributed by atoms with Gasteiger partial charge in [-0.2, -0.15) is 11.3 Å². The van der Waals surface area contributed by atoms with Crippen LogP contribution in [-0.2, 0) is 6.42 Å². The fraction of sp³-hybridized carbons (Fsp3) is 0.267. The van der Waals surface area contributed by atoms with Crippen LogP contribution in [0.15, 0.2) is 41.1 Å². The summed E-state index contributed by atoms with van der Waals surface area (Å²) in [6, 6.07) is 9.54. The van der Waals surface area contributed by atoms with Gasteiger partial charge in [-0.3, -0.25) is 4.79 Å². The van der Waals surface area contributed by atoms with E-state index in [2.05, 4.69) is 16.8 Å². The Morgan fingerprint density at radius 1 is 1.28 bits per heavy atom. The van der Waals surface area contributed by atoms with Crippen LogP contribution >= 0.6 is 11.3 Å². The van der Waals surface area contributed by atoms with Crippen molar-refractivity contribution >= 4 is 17.1 Å². The molecule has 0 aliphatic rings. The molecule has 2 nitrogen and oxygen atoms in total. The Kier molecular flexibility index (Phi) is 4.53. The third-order valence-electron chi connectivity index (χ3n) is 2.74. The summed E-state index contributed by atoms with van der Waals surface area (Å²) in [4.78, 5) is 11.7. The second kappa shape index (κ2) is 6.36. The average Bonchev–Trinajstić information content (AvgIpc) is 2.92. The molecule has 1 aromatic heterocycles. The number of benzene rings is 1. The number of carbonyl (C=O) groups excluding carboxylic acids is 1. The molecule has 0 fully saturated rings. The van der Waals surface area contributed by atoms with Gasteiger partial charge >= 0.3 is 0 Å². The Balaban J connectivity index is 1.98.